The Hall–Kier alpha value is -3.12. The van der Waals surface area contributed by atoms with Crippen LogP contribution >= 0.6 is 0 Å². The molecule has 0 saturated carbocycles. The van der Waals surface area contributed by atoms with E-state index in [1.54, 1.807) is 55.5 Å². The lowest BCUT2D eigenvalue weighted by molar-refractivity contribution is 0.102. The number of rotatable bonds is 5. The standard InChI is InChI=1S/C22H22N2O3S/c1-15-7-11-20(12-8-15)28(26,27)24-21-14-18(10-9-17(21)3)22(25)23-19-6-4-5-16(2)13-19/h4-14,24H,1-3H3,(H,23,25). The molecule has 0 unspecified atom stereocenters. The average molecular weight is 394 g/mol. The molecule has 0 fully saturated rings. The maximum Gasteiger partial charge on any atom is 0.261 e. The van der Waals surface area contributed by atoms with Crippen molar-refractivity contribution in [3.8, 4) is 0 Å². The second-order valence-electron chi connectivity index (χ2n) is 6.77. The van der Waals surface area contributed by atoms with Gasteiger partial charge in [-0.15, -0.1) is 0 Å². The monoisotopic (exact) mass is 394 g/mol. The Morgan fingerprint density at radius 3 is 2.21 bits per heavy atom. The van der Waals surface area contributed by atoms with E-state index in [1.807, 2.05) is 32.0 Å². The average Bonchev–Trinajstić information content (AvgIpc) is 2.63. The Labute approximate surface area is 165 Å². The molecular formula is C22H22N2O3S. The zero-order valence-corrected chi connectivity index (χ0v) is 16.8. The summed E-state index contributed by atoms with van der Waals surface area (Å²) >= 11 is 0. The molecule has 0 atom stereocenters. The molecule has 3 rings (SSSR count). The Bertz CT molecular complexity index is 1120. The summed E-state index contributed by atoms with van der Waals surface area (Å²) in [5.41, 5.74) is 4.17. The molecular weight excluding hydrogens is 372 g/mol. The first kappa shape index (κ1) is 19.6. The summed E-state index contributed by atoms with van der Waals surface area (Å²) in [6, 6.07) is 19.0. The first-order chi connectivity index (χ1) is 13.2. The fourth-order valence-corrected chi connectivity index (χ4v) is 3.84. The topological polar surface area (TPSA) is 75.3 Å². The smallest absolute Gasteiger partial charge is 0.261 e. The van der Waals surface area contributed by atoms with Crippen LogP contribution in [0.2, 0.25) is 0 Å². The van der Waals surface area contributed by atoms with E-state index in [9.17, 15) is 13.2 Å². The van der Waals surface area contributed by atoms with Crippen LogP contribution in [0.1, 0.15) is 27.0 Å². The molecule has 0 heterocycles. The summed E-state index contributed by atoms with van der Waals surface area (Å²) in [5, 5.41) is 2.83. The van der Waals surface area contributed by atoms with E-state index in [2.05, 4.69) is 10.0 Å². The highest BCUT2D eigenvalue weighted by Crippen LogP contribution is 2.22. The van der Waals surface area contributed by atoms with Crippen molar-refractivity contribution < 1.29 is 13.2 Å². The zero-order valence-electron chi connectivity index (χ0n) is 16.0. The van der Waals surface area contributed by atoms with Crippen LogP contribution < -0.4 is 10.0 Å². The number of carbonyl (C=O) groups excluding carboxylic acids is 1. The number of carbonyl (C=O) groups is 1. The van der Waals surface area contributed by atoms with Crippen molar-refractivity contribution in [2.45, 2.75) is 25.7 Å². The molecule has 0 aliphatic carbocycles. The zero-order chi connectivity index (χ0) is 20.3. The van der Waals surface area contributed by atoms with Gasteiger partial charge >= 0.3 is 0 Å². The van der Waals surface area contributed by atoms with Gasteiger partial charge in [-0.1, -0.05) is 35.9 Å². The number of amides is 1. The number of sulfonamides is 1. The van der Waals surface area contributed by atoms with Gasteiger partial charge in [0.15, 0.2) is 0 Å². The van der Waals surface area contributed by atoms with Gasteiger partial charge in [0.1, 0.15) is 0 Å². The lowest BCUT2D eigenvalue weighted by Gasteiger charge is -2.13. The van der Waals surface area contributed by atoms with Crippen LogP contribution in [0.15, 0.2) is 71.6 Å². The highest BCUT2D eigenvalue weighted by atomic mass is 32.2. The molecule has 2 N–H and O–H groups in total. The predicted molar refractivity (Wildman–Crippen MR) is 112 cm³/mol. The van der Waals surface area contributed by atoms with Crippen molar-refractivity contribution in [1.82, 2.24) is 0 Å². The molecule has 3 aromatic rings. The Kier molecular flexibility index (Phi) is 5.51. The van der Waals surface area contributed by atoms with Gasteiger partial charge in [0, 0.05) is 11.3 Å². The quantitative estimate of drug-likeness (QED) is 0.661. The van der Waals surface area contributed by atoms with Crippen molar-refractivity contribution in [3.63, 3.8) is 0 Å². The van der Waals surface area contributed by atoms with Crippen LogP contribution in [-0.2, 0) is 10.0 Å². The van der Waals surface area contributed by atoms with Crippen LogP contribution in [0, 0.1) is 20.8 Å². The summed E-state index contributed by atoms with van der Waals surface area (Å²) in [4.78, 5) is 12.7. The maximum atomic E-state index is 12.7. The third kappa shape index (κ3) is 4.58. The van der Waals surface area contributed by atoms with Crippen molar-refractivity contribution in [2.75, 3.05) is 10.0 Å². The van der Waals surface area contributed by atoms with Gasteiger partial charge in [0.2, 0.25) is 0 Å². The fourth-order valence-electron chi connectivity index (χ4n) is 2.72. The van der Waals surface area contributed by atoms with Gasteiger partial charge < -0.3 is 5.32 Å². The highest BCUT2D eigenvalue weighted by molar-refractivity contribution is 7.92. The van der Waals surface area contributed by atoms with Crippen LogP contribution in [0.25, 0.3) is 0 Å². The summed E-state index contributed by atoms with van der Waals surface area (Å²) < 4.78 is 27.9. The van der Waals surface area contributed by atoms with Crippen LogP contribution in [0.5, 0.6) is 0 Å². The molecule has 1 amide bonds. The second-order valence-corrected chi connectivity index (χ2v) is 8.45. The molecule has 0 saturated heterocycles. The van der Waals surface area contributed by atoms with E-state index in [4.69, 9.17) is 0 Å². The summed E-state index contributed by atoms with van der Waals surface area (Å²) in [5.74, 6) is -0.304. The predicted octanol–water partition coefficient (Wildman–Crippen LogP) is 4.66. The van der Waals surface area contributed by atoms with E-state index in [-0.39, 0.29) is 10.8 Å². The number of benzene rings is 3. The van der Waals surface area contributed by atoms with Gasteiger partial charge in [-0.3, -0.25) is 9.52 Å². The number of aryl methyl sites for hydroxylation is 3. The maximum absolute atomic E-state index is 12.7. The fraction of sp³-hybridized carbons (Fsp3) is 0.136. The van der Waals surface area contributed by atoms with E-state index < -0.39 is 10.0 Å². The van der Waals surface area contributed by atoms with E-state index in [0.29, 0.717) is 16.9 Å². The lowest BCUT2D eigenvalue weighted by Crippen LogP contribution is -2.16. The molecule has 5 nitrogen and oxygen atoms in total. The molecule has 0 spiro atoms. The van der Waals surface area contributed by atoms with Gasteiger partial charge in [0.05, 0.1) is 10.6 Å². The second kappa shape index (κ2) is 7.86. The van der Waals surface area contributed by atoms with Crippen molar-refractivity contribution in [1.29, 1.82) is 0 Å². The number of anilines is 2. The van der Waals surface area contributed by atoms with Gasteiger partial charge in [-0.2, -0.15) is 0 Å². The van der Waals surface area contributed by atoms with Crippen LogP contribution in [0.4, 0.5) is 11.4 Å². The van der Waals surface area contributed by atoms with Crippen LogP contribution in [-0.4, -0.2) is 14.3 Å². The summed E-state index contributed by atoms with van der Waals surface area (Å²) in [6.45, 7) is 5.62. The minimum Gasteiger partial charge on any atom is -0.322 e. The molecule has 144 valence electrons. The molecule has 0 aliphatic heterocycles. The van der Waals surface area contributed by atoms with E-state index >= 15 is 0 Å². The first-order valence-corrected chi connectivity index (χ1v) is 10.3. The van der Waals surface area contributed by atoms with Crippen LogP contribution in [0.3, 0.4) is 0 Å². The van der Waals surface area contributed by atoms with Crippen molar-refractivity contribution in [3.05, 3.63) is 89.0 Å². The number of nitrogens with one attached hydrogen (secondary N) is 2. The minimum absolute atomic E-state index is 0.173. The summed E-state index contributed by atoms with van der Waals surface area (Å²) in [6.07, 6.45) is 0. The van der Waals surface area contributed by atoms with Gasteiger partial charge in [0.25, 0.3) is 15.9 Å². The third-order valence-electron chi connectivity index (χ3n) is 4.35. The molecule has 28 heavy (non-hydrogen) atoms. The molecule has 6 heteroatoms. The lowest BCUT2D eigenvalue weighted by atomic mass is 10.1. The SMILES string of the molecule is Cc1ccc(S(=O)(=O)Nc2cc(C(=O)Nc3cccc(C)c3)ccc2C)cc1. The van der Waals surface area contributed by atoms with Crippen molar-refractivity contribution in [2.24, 2.45) is 0 Å². The Morgan fingerprint density at radius 1 is 0.821 bits per heavy atom. The Balaban J connectivity index is 1.85. The van der Waals surface area contributed by atoms with E-state index in [1.165, 1.54) is 0 Å². The van der Waals surface area contributed by atoms with Crippen molar-refractivity contribution >= 4 is 27.3 Å². The largest absolute Gasteiger partial charge is 0.322 e. The number of hydrogen-bond acceptors (Lipinski definition) is 3. The first-order valence-electron chi connectivity index (χ1n) is 8.83. The molecule has 0 bridgehead atoms. The minimum atomic E-state index is -3.74. The Morgan fingerprint density at radius 2 is 1.54 bits per heavy atom. The molecule has 0 radical (unpaired) electrons. The number of hydrogen-bond donors (Lipinski definition) is 2. The molecule has 0 aromatic heterocycles. The summed E-state index contributed by atoms with van der Waals surface area (Å²) in [7, 11) is -3.74. The molecule has 3 aromatic carbocycles. The molecule has 0 aliphatic rings. The van der Waals surface area contributed by atoms with E-state index in [0.717, 1.165) is 16.7 Å². The third-order valence-corrected chi connectivity index (χ3v) is 5.73. The van der Waals surface area contributed by atoms with Gasteiger partial charge in [-0.25, -0.2) is 8.42 Å². The highest BCUT2D eigenvalue weighted by Gasteiger charge is 2.16. The van der Waals surface area contributed by atoms with Gasteiger partial charge in [-0.05, 0) is 68.3 Å². The normalized spacial score (nSPS) is 11.1.